The van der Waals surface area contributed by atoms with Gasteiger partial charge in [-0.2, -0.15) is 0 Å². The molecule has 4 nitrogen and oxygen atoms in total. The van der Waals surface area contributed by atoms with Crippen molar-refractivity contribution in [1.29, 1.82) is 0 Å². The summed E-state index contributed by atoms with van der Waals surface area (Å²) < 4.78 is 11.6. The van der Waals surface area contributed by atoms with Crippen molar-refractivity contribution in [2.75, 3.05) is 0 Å². The molecule has 1 saturated carbocycles. The zero-order valence-electron chi connectivity index (χ0n) is 23.8. The van der Waals surface area contributed by atoms with Crippen LogP contribution in [0, 0.1) is 5.92 Å². The van der Waals surface area contributed by atoms with Crippen LogP contribution in [0.5, 0.6) is 0 Å². The molecule has 1 fully saturated rings. The molecule has 1 aliphatic heterocycles. The molecule has 1 aliphatic carbocycles. The second-order valence-corrected chi connectivity index (χ2v) is 25.4. The minimum atomic E-state index is -2.70. The van der Waals surface area contributed by atoms with Gasteiger partial charge in [0.05, 0.1) is 0 Å². The zero-order valence-corrected chi connectivity index (χ0v) is 26.7. The van der Waals surface area contributed by atoms with E-state index >= 15 is 0 Å². The molecule has 1 N–H and O–H groups in total. The SMILES string of the molecule is CCC[CH2][Sn]([CH2]CCC)([CH2]CCC)[C]1=C[C@]2(CCCC(C(=O)OC(C)(C)C)[C@H]2c2ccccc2)ON1. The molecule has 1 heterocycles. The first-order chi connectivity index (χ1) is 17.2. The van der Waals surface area contributed by atoms with E-state index in [4.69, 9.17) is 9.57 Å². The van der Waals surface area contributed by atoms with Gasteiger partial charge in [0.15, 0.2) is 0 Å². The summed E-state index contributed by atoms with van der Waals surface area (Å²) in [7, 11) is 0. The Balaban J connectivity index is 2.06. The second kappa shape index (κ2) is 13.2. The Morgan fingerprint density at radius 2 is 1.61 bits per heavy atom. The van der Waals surface area contributed by atoms with Crippen molar-refractivity contribution in [2.24, 2.45) is 5.92 Å². The van der Waals surface area contributed by atoms with E-state index in [2.05, 4.69) is 62.7 Å². The summed E-state index contributed by atoms with van der Waals surface area (Å²) in [6.45, 7) is 12.9. The van der Waals surface area contributed by atoms with E-state index in [0.29, 0.717) is 0 Å². The molecule has 0 bridgehead atoms. The standard InChI is InChI=1S/C19H24NO3.3C4H9.Sn/c1-18(2,3)22-17(21)15-10-7-11-19(12-13-20-23-19)16(15)14-8-5-4-6-9-14;3*1-3-4-2;/h4-6,8-9,12,15-16,20H,7,10-11H2,1-3H3;3*1,3-4H2,2H3;/t15?,16-,19+;;;;/m1..../s1. The van der Waals surface area contributed by atoms with Crippen LogP contribution in [0.3, 0.4) is 0 Å². The van der Waals surface area contributed by atoms with Gasteiger partial charge in [-0.05, 0) is 0 Å². The van der Waals surface area contributed by atoms with Gasteiger partial charge in [0.25, 0.3) is 0 Å². The van der Waals surface area contributed by atoms with Gasteiger partial charge in [-0.15, -0.1) is 0 Å². The van der Waals surface area contributed by atoms with Crippen molar-refractivity contribution in [1.82, 2.24) is 5.48 Å². The van der Waals surface area contributed by atoms with Crippen molar-refractivity contribution in [3.8, 4) is 0 Å². The second-order valence-electron chi connectivity index (χ2n) is 12.2. The summed E-state index contributed by atoms with van der Waals surface area (Å²) in [5.41, 5.74) is 3.80. The van der Waals surface area contributed by atoms with Gasteiger partial charge < -0.3 is 0 Å². The first-order valence-corrected chi connectivity index (χ1v) is 22.1. The van der Waals surface area contributed by atoms with Crippen LogP contribution >= 0.6 is 0 Å². The number of carbonyl (C=O) groups excluding carboxylic acids is 1. The Hall–Kier alpha value is -1.01. The van der Waals surface area contributed by atoms with Crippen LogP contribution in [-0.4, -0.2) is 35.5 Å². The summed E-state index contributed by atoms with van der Waals surface area (Å²) in [5.74, 6) is -0.331. The number of hydrogen-bond acceptors (Lipinski definition) is 4. The van der Waals surface area contributed by atoms with E-state index < -0.39 is 29.6 Å². The summed E-state index contributed by atoms with van der Waals surface area (Å²) in [4.78, 5) is 20.3. The first kappa shape index (κ1) is 29.5. The van der Waals surface area contributed by atoms with E-state index in [1.54, 1.807) is 0 Å². The van der Waals surface area contributed by atoms with Crippen LogP contribution < -0.4 is 5.48 Å². The van der Waals surface area contributed by atoms with E-state index in [-0.39, 0.29) is 17.8 Å². The summed E-state index contributed by atoms with van der Waals surface area (Å²) in [5, 5.41) is 0. The fraction of sp³-hybridized carbons (Fsp3) is 0.710. The first-order valence-electron chi connectivity index (χ1n) is 14.7. The van der Waals surface area contributed by atoms with Crippen LogP contribution in [0.2, 0.25) is 13.3 Å². The number of unbranched alkanes of at least 4 members (excludes halogenated alkanes) is 3. The summed E-state index contributed by atoms with van der Waals surface area (Å²) in [6.07, 6.45) is 13.0. The molecule has 1 spiro atoms. The predicted octanol–water partition coefficient (Wildman–Crippen LogP) is 8.46. The Morgan fingerprint density at radius 1 is 1.03 bits per heavy atom. The Bertz CT molecular complexity index is 841. The molecular formula is C31H51NO3Sn. The number of carbonyl (C=O) groups is 1. The van der Waals surface area contributed by atoms with E-state index in [9.17, 15) is 4.79 Å². The van der Waals surface area contributed by atoms with E-state index in [1.165, 1.54) is 61.1 Å². The number of ether oxygens (including phenoxy) is 1. The van der Waals surface area contributed by atoms with Gasteiger partial charge in [0.1, 0.15) is 0 Å². The van der Waals surface area contributed by atoms with Gasteiger partial charge in [-0.1, -0.05) is 0 Å². The van der Waals surface area contributed by atoms with Crippen LogP contribution in [0.4, 0.5) is 0 Å². The molecule has 202 valence electrons. The minimum absolute atomic E-state index is 0.0418. The topological polar surface area (TPSA) is 47.6 Å². The molecular weight excluding hydrogens is 553 g/mol. The molecule has 0 amide bonds. The molecule has 1 aromatic rings. The maximum atomic E-state index is 13.5. The number of rotatable bonds is 12. The molecule has 3 atom stereocenters. The number of nitrogens with one attached hydrogen (secondary N) is 1. The Kier molecular flexibility index (Phi) is 10.8. The van der Waals surface area contributed by atoms with Crippen molar-refractivity contribution in [3.63, 3.8) is 0 Å². The molecule has 2 aliphatic rings. The summed E-state index contributed by atoms with van der Waals surface area (Å²) >= 11 is -2.70. The molecule has 1 aromatic carbocycles. The maximum absolute atomic E-state index is 13.5. The Labute approximate surface area is 224 Å². The fourth-order valence-electron chi connectivity index (χ4n) is 6.38. The van der Waals surface area contributed by atoms with Crippen molar-refractivity contribution < 1.29 is 14.4 Å². The predicted molar refractivity (Wildman–Crippen MR) is 152 cm³/mol. The normalized spacial score (nSPS) is 24.4. The number of benzene rings is 1. The van der Waals surface area contributed by atoms with E-state index in [0.717, 1.165) is 19.3 Å². The van der Waals surface area contributed by atoms with Crippen molar-refractivity contribution in [2.45, 2.75) is 130 Å². The van der Waals surface area contributed by atoms with Crippen molar-refractivity contribution >= 4 is 24.3 Å². The van der Waals surface area contributed by atoms with E-state index in [1.807, 2.05) is 20.8 Å². The monoisotopic (exact) mass is 605 g/mol. The Morgan fingerprint density at radius 3 is 2.14 bits per heavy atom. The molecule has 36 heavy (non-hydrogen) atoms. The third-order valence-corrected chi connectivity index (χ3v) is 23.4. The van der Waals surface area contributed by atoms with Crippen LogP contribution in [0.15, 0.2) is 40.1 Å². The zero-order chi connectivity index (χ0) is 26.2. The van der Waals surface area contributed by atoms with Gasteiger partial charge in [0.2, 0.25) is 0 Å². The number of esters is 1. The summed E-state index contributed by atoms with van der Waals surface area (Å²) in [6, 6.07) is 10.6. The molecule has 0 saturated heterocycles. The average molecular weight is 604 g/mol. The molecule has 5 heteroatoms. The van der Waals surface area contributed by atoms with Gasteiger partial charge in [-0.3, -0.25) is 0 Å². The molecule has 3 rings (SSSR count). The van der Waals surface area contributed by atoms with Gasteiger partial charge in [-0.25, -0.2) is 0 Å². The van der Waals surface area contributed by atoms with Crippen molar-refractivity contribution in [3.05, 3.63) is 45.7 Å². The van der Waals surface area contributed by atoms with Gasteiger partial charge >= 0.3 is 226 Å². The van der Waals surface area contributed by atoms with Crippen LogP contribution in [0.25, 0.3) is 0 Å². The fourth-order valence-corrected chi connectivity index (χ4v) is 22.0. The average Bonchev–Trinajstić information content (AvgIpc) is 3.27. The van der Waals surface area contributed by atoms with Gasteiger partial charge in [0, 0.05) is 0 Å². The molecule has 0 radical (unpaired) electrons. The third-order valence-electron chi connectivity index (χ3n) is 8.22. The molecule has 1 unspecified atom stereocenters. The third kappa shape index (κ3) is 7.09. The van der Waals surface area contributed by atoms with Crippen LogP contribution in [0.1, 0.15) is 111 Å². The number of hydrogen-bond donors (Lipinski definition) is 1. The molecule has 0 aromatic heterocycles. The number of hydroxylamine groups is 1. The van der Waals surface area contributed by atoms with Crippen LogP contribution in [-0.2, 0) is 14.4 Å². The quantitative estimate of drug-likeness (QED) is 0.192.